The van der Waals surface area contributed by atoms with Gasteiger partial charge in [0.25, 0.3) is 5.91 Å². The second-order valence-electron chi connectivity index (χ2n) is 5.41. The van der Waals surface area contributed by atoms with Crippen LogP contribution in [0.1, 0.15) is 24.2 Å². The van der Waals surface area contributed by atoms with E-state index >= 15 is 0 Å². The van der Waals surface area contributed by atoms with Gasteiger partial charge in [-0.3, -0.25) is 9.78 Å². The molecule has 0 radical (unpaired) electrons. The molecule has 1 heterocycles. The van der Waals surface area contributed by atoms with Crippen molar-refractivity contribution in [3.8, 4) is 0 Å². The minimum absolute atomic E-state index is 0.169. The van der Waals surface area contributed by atoms with E-state index < -0.39 is 29.0 Å². The van der Waals surface area contributed by atoms with Gasteiger partial charge >= 0.3 is 0 Å². The first-order valence-electron chi connectivity index (χ1n) is 7.02. The number of aromatic nitrogens is 1. The number of hydrogen-bond acceptors (Lipinski definition) is 3. The first-order valence-corrected chi connectivity index (χ1v) is 7.02. The molecule has 1 aromatic heterocycles. The predicted octanol–water partition coefficient (Wildman–Crippen LogP) is 3.82. The van der Waals surface area contributed by atoms with Gasteiger partial charge in [0.1, 0.15) is 0 Å². The first kappa shape index (κ1) is 16.8. The van der Waals surface area contributed by atoms with Crippen molar-refractivity contribution in [3.63, 3.8) is 0 Å². The molecule has 0 saturated carbocycles. The van der Waals surface area contributed by atoms with Gasteiger partial charge in [0.05, 0.1) is 16.9 Å². The zero-order valence-electron chi connectivity index (χ0n) is 12.7. The lowest BCUT2D eigenvalue weighted by molar-refractivity contribution is 0.102. The average molecular weight is 323 g/mol. The number of anilines is 2. The van der Waals surface area contributed by atoms with E-state index in [-0.39, 0.29) is 5.56 Å². The Kier molecular flexibility index (Phi) is 5.20. The van der Waals surface area contributed by atoms with Crippen molar-refractivity contribution < 1.29 is 18.0 Å². The van der Waals surface area contributed by atoms with Crippen LogP contribution in [0.15, 0.2) is 30.6 Å². The predicted molar refractivity (Wildman–Crippen MR) is 81.8 cm³/mol. The van der Waals surface area contributed by atoms with Crippen LogP contribution in [-0.4, -0.2) is 17.4 Å². The van der Waals surface area contributed by atoms with Gasteiger partial charge in [-0.25, -0.2) is 13.2 Å². The van der Waals surface area contributed by atoms with Gasteiger partial charge in [-0.15, -0.1) is 0 Å². The Morgan fingerprint density at radius 3 is 2.61 bits per heavy atom. The van der Waals surface area contributed by atoms with Crippen LogP contribution in [0.4, 0.5) is 24.5 Å². The maximum atomic E-state index is 13.6. The summed E-state index contributed by atoms with van der Waals surface area (Å²) in [6.45, 7) is 4.76. The quantitative estimate of drug-likeness (QED) is 0.823. The fourth-order valence-electron chi connectivity index (χ4n) is 1.80. The highest BCUT2D eigenvalue weighted by Gasteiger charge is 2.16. The smallest absolute Gasteiger partial charge is 0.257 e. The van der Waals surface area contributed by atoms with Crippen LogP contribution in [0.5, 0.6) is 0 Å². The topological polar surface area (TPSA) is 54.0 Å². The summed E-state index contributed by atoms with van der Waals surface area (Å²) in [5, 5.41) is 5.30. The second kappa shape index (κ2) is 7.13. The Balaban J connectivity index is 2.15. The minimum Gasteiger partial charge on any atom is -0.384 e. The summed E-state index contributed by atoms with van der Waals surface area (Å²) >= 11 is 0. The molecular formula is C16H16F3N3O. The number of hydrogen-bond donors (Lipinski definition) is 2. The van der Waals surface area contributed by atoms with Gasteiger partial charge in [0, 0.05) is 18.9 Å². The van der Waals surface area contributed by atoms with Crippen molar-refractivity contribution >= 4 is 17.3 Å². The molecule has 1 aromatic carbocycles. The summed E-state index contributed by atoms with van der Waals surface area (Å²) in [7, 11) is 0. The number of halogens is 3. The number of rotatable bonds is 5. The molecule has 0 atom stereocenters. The molecule has 23 heavy (non-hydrogen) atoms. The summed E-state index contributed by atoms with van der Waals surface area (Å²) in [6, 6.07) is 3.25. The van der Waals surface area contributed by atoms with Crippen LogP contribution in [0, 0.1) is 23.4 Å². The zero-order chi connectivity index (χ0) is 17.0. The van der Waals surface area contributed by atoms with Crippen LogP contribution >= 0.6 is 0 Å². The lowest BCUT2D eigenvalue weighted by Gasteiger charge is -2.10. The van der Waals surface area contributed by atoms with Crippen molar-refractivity contribution in [1.29, 1.82) is 0 Å². The molecule has 0 bridgehead atoms. The van der Waals surface area contributed by atoms with E-state index in [1.807, 2.05) is 13.8 Å². The van der Waals surface area contributed by atoms with E-state index in [0.717, 1.165) is 12.1 Å². The number of amides is 1. The third kappa shape index (κ3) is 4.21. The molecule has 4 nitrogen and oxygen atoms in total. The SMILES string of the molecule is CC(C)CNc1cncc(C(=O)Nc2ccc(F)c(F)c2F)c1. The molecule has 2 rings (SSSR count). The molecule has 1 amide bonds. The van der Waals surface area contributed by atoms with Crippen LogP contribution in [-0.2, 0) is 0 Å². The van der Waals surface area contributed by atoms with Gasteiger partial charge in [0.15, 0.2) is 17.5 Å². The summed E-state index contributed by atoms with van der Waals surface area (Å²) in [4.78, 5) is 16.0. The van der Waals surface area contributed by atoms with E-state index in [1.54, 1.807) is 12.3 Å². The lowest BCUT2D eigenvalue weighted by Crippen LogP contribution is -2.15. The van der Waals surface area contributed by atoms with Crippen LogP contribution in [0.25, 0.3) is 0 Å². The highest BCUT2D eigenvalue weighted by Crippen LogP contribution is 2.20. The normalized spacial score (nSPS) is 10.7. The van der Waals surface area contributed by atoms with Gasteiger partial charge in [-0.05, 0) is 24.1 Å². The summed E-state index contributed by atoms with van der Waals surface area (Å²) in [5.74, 6) is -4.66. The van der Waals surface area contributed by atoms with Gasteiger partial charge < -0.3 is 10.6 Å². The number of nitrogens with one attached hydrogen (secondary N) is 2. The van der Waals surface area contributed by atoms with E-state index in [0.29, 0.717) is 18.2 Å². The number of carbonyl (C=O) groups is 1. The molecule has 7 heteroatoms. The highest BCUT2D eigenvalue weighted by atomic mass is 19.2. The van der Waals surface area contributed by atoms with Crippen LogP contribution in [0.2, 0.25) is 0 Å². The van der Waals surface area contributed by atoms with Gasteiger partial charge in [0.2, 0.25) is 0 Å². The lowest BCUT2D eigenvalue weighted by atomic mass is 10.2. The Morgan fingerprint density at radius 1 is 1.17 bits per heavy atom. The molecule has 2 N–H and O–H groups in total. The monoisotopic (exact) mass is 323 g/mol. The number of nitrogens with zero attached hydrogens (tertiary/aromatic N) is 1. The summed E-state index contributed by atoms with van der Waals surface area (Å²) < 4.78 is 39.6. The Hall–Kier alpha value is -2.57. The largest absolute Gasteiger partial charge is 0.384 e. The van der Waals surface area contributed by atoms with Crippen molar-refractivity contribution in [2.45, 2.75) is 13.8 Å². The van der Waals surface area contributed by atoms with E-state index in [9.17, 15) is 18.0 Å². The molecule has 0 spiro atoms. The zero-order valence-corrected chi connectivity index (χ0v) is 12.7. The highest BCUT2D eigenvalue weighted by molar-refractivity contribution is 6.04. The average Bonchev–Trinajstić information content (AvgIpc) is 2.53. The van der Waals surface area contributed by atoms with Crippen molar-refractivity contribution in [2.75, 3.05) is 17.2 Å². The molecule has 0 aliphatic carbocycles. The van der Waals surface area contributed by atoms with Gasteiger partial charge in [-0.1, -0.05) is 13.8 Å². The number of carbonyl (C=O) groups excluding carboxylic acids is 1. The maximum Gasteiger partial charge on any atom is 0.257 e. The fourth-order valence-corrected chi connectivity index (χ4v) is 1.80. The molecular weight excluding hydrogens is 307 g/mol. The van der Waals surface area contributed by atoms with Crippen LogP contribution < -0.4 is 10.6 Å². The first-order chi connectivity index (χ1) is 10.9. The Morgan fingerprint density at radius 2 is 1.91 bits per heavy atom. The van der Waals surface area contributed by atoms with Crippen molar-refractivity contribution in [2.24, 2.45) is 5.92 Å². The Bertz CT molecular complexity index is 720. The molecule has 0 fully saturated rings. The standard InChI is InChI=1S/C16H16F3N3O/c1-9(2)6-21-11-5-10(7-20-8-11)16(23)22-13-4-3-12(17)14(18)15(13)19/h3-5,7-9,21H,6H2,1-2H3,(H,22,23). The maximum absolute atomic E-state index is 13.6. The summed E-state index contributed by atoms with van der Waals surface area (Å²) in [5.41, 5.74) is 0.370. The third-order valence-electron chi connectivity index (χ3n) is 3.00. The van der Waals surface area contributed by atoms with E-state index in [1.165, 1.54) is 6.20 Å². The van der Waals surface area contributed by atoms with Crippen molar-refractivity contribution in [3.05, 3.63) is 53.6 Å². The third-order valence-corrected chi connectivity index (χ3v) is 3.00. The molecule has 122 valence electrons. The fraction of sp³-hybridized carbons (Fsp3) is 0.250. The molecule has 2 aromatic rings. The molecule has 0 aliphatic rings. The molecule has 0 saturated heterocycles. The Labute approximate surface area is 131 Å². The molecule has 0 unspecified atom stereocenters. The van der Waals surface area contributed by atoms with E-state index in [4.69, 9.17) is 0 Å². The minimum atomic E-state index is -1.63. The van der Waals surface area contributed by atoms with E-state index in [2.05, 4.69) is 15.6 Å². The second-order valence-corrected chi connectivity index (χ2v) is 5.41. The summed E-state index contributed by atoms with van der Waals surface area (Å²) in [6.07, 6.45) is 2.85. The van der Waals surface area contributed by atoms with Crippen LogP contribution in [0.3, 0.4) is 0 Å². The molecule has 0 aliphatic heterocycles. The number of benzene rings is 1. The van der Waals surface area contributed by atoms with Crippen molar-refractivity contribution in [1.82, 2.24) is 4.98 Å². The number of pyridine rings is 1. The van der Waals surface area contributed by atoms with Gasteiger partial charge in [-0.2, -0.15) is 0 Å².